The molecule has 0 fully saturated rings. The van der Waals surface area contributed by atoms with Crippen LogP contribution < -0.4 is 0 Å². The minimum Gasteiger partial charge on any atom is -0.289 e. The third-order valence-corrected chi connectivity index (χ3v) is 2.91. The largest absolute Gasteiger partial charge is 0.289 e. The molecule has 0 aliphatic carbocycles. The molecule has 16 heavy (non-hydrogen) atoms. The lowest BCUT2D eigenvalue weighted by Gasteiger charge is -2.00. The Kier molecular flexibility index (Phi) is 4.64. The third kappa shape index (κ3) is 5.04. The van der Waals surface area contributed by atoms with Gasteiger partial charge in [-0.3, -0.25) is 9.55 Å². The fourth-order valence-electron chi connectivity index (χ4n) is 1.26. The average molecular weight is 241 g/mol. The van der Waals surface area contributed by atoms with E-state index in [4.69, 9.17) is 4.55 Å². The molecule has 0 spiro atoms. The molecule has 0 bridgehead atoms. The molecule has 0 atom stereocenters. The lowest BCUT2D eigenvalue weighted by molar-refractivity contribution is 0.481. The molecule has 0 radical (unpaired) electrons. The van der Waals surface area contributed by atoms with Crippen LogP contribution in [-0.4, -0.2) is 31.0 Å². The van der Waals surface area contributed by atoms with Crippen LogP contribution in [0.25, 0.3) is 0 Å². The van der Waals surface area contributed by atoms with Crippen molar-refractivity contribution in [3.63, 3.8) is 0 Å². The minimum absolute atomic E-state index is 0.238. The van der Waals surface area contributed by atoms with Crippen LogP contribution >= 0.6 is 0 Å². The Morgan fingerprint density at radius 3 is 2.50 bits per heavy atom. The number of aliphatic imine (C=N–C) groups is 1. The predicted octanol–water partition coefficient (Wildman–Crippen LogP) is 1.77. The fraction of sp³-hybridized carbons (Fsp3) is 0.364. The first-order valence-electron chi connectivity index (χ1n) is 5.01. The Balaban J connectivity index is 2.47. The van der Waals surface area contributed by atoms with Gasteiger partial charge in [0.15, 0.2) is 0 Å². The molecule has 4 nitrogen and oxygen atoms in total. The number of hydrogen-bond donors (Lipinski definition) is 1. The third-order valence-electron chi connectivity index (χ3n) is 2.10. The van der Waals surface area contributed by atoms with E-state index in [0.29, 0.717) is 13.0 Å². The molecule has 1 N–H and O–H groups in total. The molecular weight excluding hydrogens is 226 g/mol. The van der Waals surface area contributed by atoms with Crippen molar-refractivity contribution in [3.05, 3.63) is 35.9 Å². The molecule has 0 aromatic heterocycles. The number of rotatable bonds is 5. The van der Waals surface area contributed by atoms with Gasteiger partial charge in [-0.05, 0) is 18.9 Å². The normalized spacial score (nSPS) is 12.8. The van der Waals surface area contributed by atoms with Crippen LogP contribution in [0.5, 0.6) is 0 Å². The highest BCUT2D eigenvalue weighted by Crippen LogP contribution is 2.01. The first-order valence-corrected chi connectivity index (χ1v) is 6.61. The van der Waals surface area contributed by atoms with Crippen molar-refractivity contribution < 1.29 is 13.0 Å². The maximum atomic E-state index is 10.5. The van der Waals surface area contributed by atoms with Gasteiger partial charge in [0.05, 0.1) is 5.75 Å². The highest BCUT2D eigenvalue weighted by Gasteiger charge is 2.02. The average Bonchev–Trinajstić information content (AvgIpc) is 2.24. The van der Waals surface area contributed by atoms with Crippen LogP contribution in [0.15, 0.2) is 35.3 Å². The number of nitrogens with zero attached hydrogens (tertiary/aromatic N) is 1. The van der Waals surface area contributed by atoms with E-state index in [1.54, 1.807) is 0 Å². The lowest BCUT2D eigenvalue weighted by Crippen LogP contribution is -2.05. The maximum Gasteiger partial charge on any atom is 0.264 e. The van der Waals surface area contributed by atoms with Crippen molar-refractivity contribution in [1.82, 2.24) is 0 Å². The van der Waals surface area contributed by atoms with Crippen molar-refractivity contribution in [1.29, 1.82) is 0 Å². The van der Waals surface area contributed by atoms with Crippen molar-refractivity contribution in [3.8, 4) is 0 Å². The van der Waals surface area contributed by atoms with Crippen LogP contribution in [0.2, 0.25) is 0 Å². The summed E-state index contributed by atoms with van der Waals surface area (Å²) in [6.07, 6.45) is 0.336. The van der Waals surface area contributed by atoms with Gasteiger partial charge in [-0.2, -0.15) is 8.42 Å². The molecule has 1 aromatic carbocycles. The predicted molar refractivity (Wildman–Crippen MR) is 64.6 cm³/mol. The second kappa shape index (κ2) is 5.77. The van der Waals surface area contributed by atoms with E-state index < -0.39 is 10.1 Å². The zero-order valence-corrected chi connectivity index (χ0v) is 9.94. The van der Waals surface area contributed by atoms with E-state index in [1.165, 1.54) is 0 Å². The first-order chi connectivity index (χ1) is 7.49. The molecule has 0 saturated heterocycles. The van der Waals surface area contributed by atoms with Crippen molar-refractivity contribution in [2.75, 3.05) is 12.3 Å². The quantitative estimate of drug-likeness (QED) is 0.485. The number of benzene rings is 1. The van der Waals surface area contributed by atoms with Gasteiger partial charge >= 0.3 is 0 Å². The molecule has 0 unspecified atom stereocenters. The summed E-state index contributed by atoms with van der Waals surface area (Å²) in [5.74, 6) is -0.238. The summed E-state index contributed by atoms with van der Waals surface area (Å²) in [6, 6.07) is 9.66. The summed E-state index contributed by atoms with van der Waals surface area (Å²) in [7, 11) is -3.86. The van der Waals surface area contributed by atoms with Gasteiger partial charge < -0.3 is 0 Å². The summed E-state index contributed by atoms with van der Waals surface area (Å²) < 4.78 is 29.4. The van der Waals surface area contributed by atoms with Gasteiger partial charge in [0.25, 0.3) is 10.1 Å². The smallest absolute Gasteiger partial charge is 0.264 e. The molecule has 0 amide bonds. The Hall–Kier alpha value is -1.20. The van der Waals surface area contributed by atoms with Gasteiger partial charge in [0, 0.05) is 12.3 Å². The van der Waals surface area contributed by atoms with E-state index >= 15 is 0 Å². The van der Waals surface area contributed by atoms with Crippen LogP contribution in [0.4, 0.5) is 0 Å². The summed E-state index contributed by atoms with van der Waals surface area (Å²) in [5, 5.41) is 0. The zero-order valence-electron chi connectivity index (χ0n) is 9.13. The molecule has 1 rings (SSSR count). The minimum atomic E-state index is -3.86. The van der Waals surface area contributed by atoms with E-state index in [9.17, 15) is 8.42 Å². The Morgan fingerprint density at radius 2 is 1.94 bits per heavy atom. The second-order valence-electron chi connectivity index (χ2n) is 3.47. The molecule has 0 saturated carbocycles. The molecule has 5 heteroatoms. The fourth-order valence-corrected chi connectivity index (χ4v) is 1.76. The van der Waals surface area contributed by atoms with Gasteiger partial charge in [-0.1, -0.05) is 30.3 Å². The number of hydrogen-bond acceptors (Lipinski definition) is 3. The molecule has 0 heterocycles. The van der Waals surface area contributed by atoms with Crippen LogP contribution in [0.1, 0.15) is 18.9 Å². The molecule has 0 aliphatic rings. The van der Waals surface area contributed by atoms with Gasteiger partial charge in [0.2, 0.25) is 0 Å². The Labute approximate surface area is 95.8 Å². The molecular formula is C11H15NO3S. The van der Waals surface area contributed by atoms with Crippen LogP contribution in [0.3, 0.4) is 0 Å². The lowest BCUT2D eigenvalue weighted by atomic mass is 10.1. The standard InChI is InChI=1S/C11H15NO3S/c1-10(11-6-3-2-4-7-11)12-8-5-9-16(13,14)15/h2-4,6-7H,5,8-9H2,1H3,(H,13,14,15)/b12-10+. The van der Waals surface area contributed by atoms with E-state index in [1.807, 2.05) is 37.3 Å². The highest BCUT2D eigenvalue weighted by atomic mass is 32.2. The van der Waals surface area contributed by atoms with Crippen molar-refractivity contribution in [2.45, 2.75) is 13.3 Å². The van der Waals surface area contributed by atoms with E-state index in [2.05, 4.69) is 4.99 Å². The summed E-state index contributed by atoms with van der Waals surface area (Å²) >= 11 is 0. The van der Waals surface area contributed by atoms with E-state index in [-0.39, 0.29) is 5.75 Å². The topological polar surface area (TPSA) is 66.7 Å². The monoisotopic (exact) mass is 241 g/mol. The summed E-state index contributed by atoms with van der Waals surface area (Å²) in [4.78, 5) is 4.24. The van der Waals surface area contributed by atoms with Gasteiger partial charge in [0.1, 0.15) is 0 Å². The van der Waals surface area contributed by atoms with E-state index in [0.717, 1.165) is 11.3 Å². The summed E-state index contributed by atoms with van der Waals surface area (Å²) in [6.45, 7) is 2.28. The maximum absolute atomic E-state index is 10.5. The second-order valence-corrected chi connectivity index (χ2v) is 5.04. The van der Waals surface area contributed by atoms with Crippen molar-refractivity contribution in [2.24, 2.45) is 4.99 Å². The molecule has 0 aliphatic heterocycles. The highest BCUT2D eigenvalue weighted by molar-refractivity contribution is 7.85. The Bertz CT molecular complexity index is 451. The van der Waals surface area contributed by atoms with Crippen molar-refractivity contribution >= 4 is 15.8 Å². The van der Waals surface area contributed by atoms with Crippen LogP contribution in [-0.2, 0) is 10.1 Å². The SMILES string of the molecule is C/C(=N\CCCS(=O)(=O)O)c1ccccc1. The first kappa shape index (κ1) is 12.9. The molecule has 1 aromatic rings. The zero-order chi connectivity index (χ0) is 12.0. The Morgan fingerprint density at radius 1 is 1.31 bits per heavy atom. The summed E-state index contributed by atoms with van der Waals surface area (Å²) in [5.41, 5.74) is 1.89. The van der Waals surface area contributed by atoms with Gasteiger partial charge in [-0.15, -0.1) is 0 Å². The van der Waals surface area contributed by atoms with Crippen LogP contribution in [0, 0.1) is 0 Å². The molecule has 88 valence electrons. The van der Waals surface area contributed by atoms with Gasteiger partial charge in [-0.25, -0.2) is 0 Å².